The molecule has 1 amide bonds. The monoisotopic (exact) mass is 268 g/mol. The standard InChI is InChI=1S/C13H17ClN2O2/c1-10(14)13(17)15-11-4-2-3-5-12(11)16-6-8-18-9-7-16/h2-5,10H,6-9H2,1H3,(H,15,17). The number of benzene rings is 1. The number of rotatable bonds is 3. The highest BCUT2D eigenvalue weighted by atomic mass is 35.5. The molecule has 1 unspecified atom stereocenters. The van der Waals surface area contributed by atoms with Crippen molar-refractivity contribution < 1.29 is 9.53 Å². The Balaban J connectivity index is 2.16. The molecule has 1 atom stereocenters. The molecule has 0 saturated carbocycles. The SMILES string of the molecule is CC(Cl)C(=O)Nc1ccccc1N1CCOCC1. The summed E-state index contributed by atoms with van der Waals surface area (Å²) < 4.78 is 5.33. The van der Waals surface area contributed by atoms with Crippen LogP contribution in [0.25, 0.3) is 0 Å². The maximum atomic E-state index is 11.7. The highest BCUT2D eigenvalue weighted by Gasteiger charge is 2.16. The van der Waals surface area contributed by atoms with Gasteiger partial charge in [-0.25, -0.2) is 0 Å². The second-order valence-corrected chi connectivity index (χ2v) is 4.88. The van der Waals surface area contributed by atoms with Crippen LogP contribution in [0.15, 0.2) is 24.3 Å². The Hall–Kier alpha value is -1.26. The first-order chi connectivity index (χ1) is 8.68. The van der Waals surface area contributed by atoms with E-state index in [-0.39, 0.29) is 5.91 Å². The number of ether oxygens (including phenoxy) is 1. The molecule has 4 nitrogen and oxygen atoms in total. The lowest BCUT2D eigenvalue weighted by Gasteiger charge is -2.30. The molecule has 0 aliphatic carbocycles. The highest BCUT2D eigenvalue weighted by molar-refractivity contribution is 6.32. The fraction of sp³-hybridized carbons (Fsp3) is 0.462. The van der Waals surface area contributed by atoms with Crippen LogP contribution in [0.3, 0.4) is 0 Å². The van der Waals surface area contributed by atoms with Crippen molar-refractivity contribution in [3.05, 3.63) is 24.3 Å². The van der Waals surface area contributed by atoms with Gasteiger partial charge in [-0.2, -0.15) is 0 Å². The van der Waals surface area contributed by atoms with E-state index in [4.69, 9.17) is 16.3 Å². The smallest absolute Gasteiger partial charge is 0.242 e. The maximum Gasteiger partial charge on any atom is 0.242 e. The number of carbonyl (C=O) groups excluding carboxylic acids is 1. The third-order valence-electron chi connectivity index (χ3n) is 2.87. The summed E-state index contributed by atoms with van der Waals surface area (Å²) in [7, 11) is 0. The van der Waals surface area contributed by atoms with Crippen LogP contribution in [0.1, 0.15) is 6.92 Å². The normalized spacial score (nSPS) is 17.3. The van der Waals surface area contributed by atoms with Crippen LogP contribution in [-0.4, -0.2) is 37.6 Å². The Morgan fingerprint density at radius 1 is 1.39 bits per heavy atom. The van der Waals surface area contributed by atoms with Crippen molar-refractivity contribution >= 4 is 28.9 Å². The first-order valence-corrected chi connectivity index (χ1v) is 6.49. The molecule has 98 valence electrons. The lowest BCUT2D eigenvalue weighted by molar-refractivity contribution is -0.115. The molecule has 0 spiro atoms. The minimum Gasteiger partial charge on any atom is -0.378 e. The average Bonchev–Trinajstić information content (AvgIpc) is 2.40. The van der Waals surface area contributed by atoms with Crippen molar-refractivity contribution in [2.45, 2.75) is 12.3 Å². The summed E-state index contributed by atoms with van der Waals surface area (Å²) >= 11 is 5.77. The van der Waals surface area contributed by atoms with E-state index >= 15 is 0 Å². The number of para-hydroxylation sites is 2. The lowest BCUT2D eigenvalue weighted by atomic mass is 10.2. The van der Waals surface area contributed by atoms with Crippen molar-refractivity contribution in [1.29, 1.82) is 0 Å². The number of hydrogen-bond acceptors (Lipinski definition) is 3. The van der Waals surface area contributed by atoms with Gasteiger partial charge < -0.3 is 15.0 Å². The molecular weight excluding hydrogens is 252 g/mol. The Morgan fingerprint density at radius 3 is 2.72 bits per heavy atom. The van der Waals surface area contributed by atoms with E-state index in [9.17, 15) is 4.79 Å². The van der Waals surface area contributed by atoms with E-state index in [0.717, 1.165) is 24.5 Å². The summed E-state index contributed by atoms with van der Waals surface area (Å²) in [6.45, 7) is 4.77. The zero-order chi connectivity index (χ0) is 13.0. The van der Waals surface area contributed by atoms with Gasteiger partial charge in [0.2, 0.25) is 5.91 Å². The number of anilines is 2. The molecule has 1 fully saturated rings. The fourth-order valence-electron chi connectivity index (χ4n) is 1.89. The summed E-state index contributed by atoms with van der Waals surface area (Å²) in [5.41, 5.74) is 1.82. The summed E-state index contributed by atoms with van der Waals surface area (Å²) in [5.74, 6) is -0.183. The number of carbonyl (C=O) groups is 1. The largest absolute Gasteiger partial charge is 0.378 e. The molecule has 0 bridgehead atoms. The summed E-state index contributed by atoms with van der Waals surface area (Å²) in [6, 6.07) is 7.75. The van der Waals surface area contributed by atoms with Gasteiger partial charge in [-0.05, 0) is 19.1 Å². The van der Waals surface area contributed by atoms with Crippen molar-refractivity contribution in [3.63, 3.8) is 0 Å². The van der Waals surface area contributed by atoms with Gasteiger partial charge in [-0.15, -0.1) is 11.6 Å². The van der Waals surface area contributed by atoms with Crippen LogP contribution < -0.4 is 10.2 Å². The van der Waals surface area contributed by atoms with E-state index in [0.29, 0.717) is 13.2 Å². The lowest BCUT2D eigenvalue weighted by Crippen LogP contribution is -2.37. The van der Waals surface area contributed by atoms with Gasteiger partial charge in [-0.1, -0.05) is 12.1 Å². The van der Waals surface area contributed by atoms with Gasteiger partial charge in [0.15, 0.2) is 0 Å². The zero-order valence-corrected chi connectivity index (χ0v) is 11.1. The molecule has 0 radical (unpaired) electrons. The molecule has 2 rings (SSSR count). The van der Waals surface area contributed by atoms with Crippen LogP contribution in [0.2, 0.25) is 0 Å². The number of morpholine rings is 1. The molecule has 1 N–H and O–H groups in total. The highest BCUT2D eigenvalue weighted by Crippen LogP contribution is 2.26. The van der Waals surface area contributed by atoms with Gasteiger partial charge >= 0.3 is 0 Å². The van der Waals surface area contributed by atoms with Crippen LogP contribution in [0.4, 0.5) is 11.4 Å². The number of alkyl halides is 1. The van der Waals surface area contributed by atoms with Crippen LogP contribution in [-0.2, 0) is 9.53 Å². The first-order valence-electron chi connectivity index (χ1n) is 6.05. The minimum atomic E-state index is -0.539. The number of nitrogens with one attached hydrogen (secondary N) is 1. The van der Waals surface area contributed by atoms with Crippen LogP contribution >= 0.6 is 11.6 Å². The minimum absolute atomic E-state index is 0.183. The second-order valence-electron chi connectivity index (χ2n) is 4.22. The topological polar surface area (TPSA) is 41.6 Å². The average molecular weight is 269 g/mol. The molecular formula is C13H17ClN2O2. The van der Waals surface area contributed by atoms with E-state index in [1.54, 1.807) is 6.92 Å². The molecule has 1 aliphatic rings. The van der Waals surface area contributed by atoms with Gasteiger partial charge in [0.1, 0.15) is 5.38 Å². The van der Waals surface area contributed by atoms with Crippen molar-refractivity contribution in [1.82, 2.24) is 0 Å². The number of hydrogen-bond donors (Lipinski definition) is 1. The molecule has 18 heavy (non-hydrogen) atoms. The van der Waals surface area contributed by atoms with Gasteiger partial charge in [-0.3, -0.25) is 4.79 Å². The predicted molar refractivity (Wildman–Crippen MR) is 73.4 cm³/mol. The van der Waals surface area contributed by atoms with Gasteiger partial charge in [0.25, 0.3) is 0 Å². The number of halogens is 1. The van der Waals surface area contributed by atoms with E-state index < -0.39 is 5.38 Å². The van der Waals surface area contributed by atoms with Crippen molar-refractivity contribution in [2.24, 2.45) is 0 Å². The summed E-state index contributed by atoms with van der Waals surface area (Å²) in [6.07, 6.45) is 0. The Bertz CT molecular complexity index is 417. The van der Waals surface area contributed by atoms with Crippen molar-refractivity contribution in [2.75, 3.05) is 36.5 Å². The first kappa shape index (κ1) is 13.2. The van der Waals surface area contributed by atoms with Gasteiger partial charge in [0, 0.05) is 13.1 Å². The second kappa shape index (κ2) is 6.07. The number of amides is 1. The molecule has 1 aromatic carbocycles. The van der Waals surface area contributed by atoms with Crippen molar-refractivity contribution in [3.8, 4) is 0 Å². The Morgan fingerprint density at radius 2 is 2.06 bits per heavy atom. The predicted octanol–water partition coefficient (Wildman–Crippen LogP) is 2.09. The molecule has 1 saturated heterocycles. The van der Waals surface area contributed by atoms with Gasteiger partial charge in [0.05, 0.1) is 24.6 Å². The quantitative estimate of drug-likeness (QED) is 0.854. The Labute approximate surface area is 112 Å². The third kappa shape index (κ3) is 3.15. The number of nitrogens with zero attached hydrogens (tertiary/aromatic N) is 1. The molecule has 0 aromatic heterocycles. The van der Waals surface area contributed by atoms with E-state index in [2.05, 4.69) is 10.2 Å². The molecule has 1 aliphatic heterocycles. The van der Waals surface area contributed by atoms with E-state index in [1.165, 1.54) is 0 Å². The summed E-state index contributed by atoms with van der Waals surface area (Å²) in [5, 5.41) is 2.31. The summed E-state index contributed by atoms with van der Waals surface area (Å²) in [4.78, 5) is 13.9. The van der Waals surface area contributed by atoms with Crippen LogP contribution in [0, 0.1) is 0 Å². The molecule has 5 heteroatoms. The van der Waals surface area contributed by atoms with E-state index in [1.807, 2.05) is 24.3 Å². The molecule has 1 aromatic rings. The molecule has 1 heterocycles. The third-order valence-corrected chi connectivity index (χ3v) is 3.07. The maximum absolute atomic E-state index is 11.7. The fourth-order valence-corrected chi connectivity index (χ4v) is 1.95. The van der Waals surface area contributed by atoms with Crippen LogP contribution in [0.5, 0.6) is 0 Å². The Kier molecular flexibility index (Phi) is 4.44. The zero-order valence-electron chi connectivity index (χ0n) is 10.4.